The fraction of sp³-hybridized carbons (Fsp3) is 0.533. The van der Waals surface area contributed by atoms with E-state index in [0.29, 0.717) is 18.0 Å². The van der Waals surface area contributed by atoms with Crippen molar-refractivity contribution in [2.24, 2.45) is 11.7 Å². The third-order valence-corrected chi connectivity index (χ3v) is 3.95. The van der Waals surface area contributed by atoms with Gasteiger partial charge in [0.1, 0.15) is 0 Å². The summed E-state index contributed by atoms with van der Waals surface area (Å²) >= 11 is 0. The highest BCUT2D eigenvalue weighted by Crippen LogP contribution is 2.27. The van der Waals surface area contributed by atoms with Gasteiger partial charge in [0.15, 0.2) is 11.6 Å². The summed E-state index contributed by atoms with van der Waals surface area (Å²) in [5.41, 5.74) is 6.15. The van der Waals surface area contributed by atoms with Crippen LogP contribution in [-0.4, -0.2) is 25.6 Å². The van der Waals surface area contributed by atoms with Gasteiger partial charge in [-0.3, -0.25) is 4.79 Å². The molecule has 1 saturated carbocycles. The van der Waals surface area contributed by atoms with Crippen LogP contribution in [0.25, 0.3) is 0 Å². The minimum absolute atomic E-state index is 0.0129. The summed E-state index contributed by atoms with van der Waals surface area (Å²) in [5, 5.41) is 2.95. The minimum atomic E-state index is -0.477. The maximum atomic E-state index is 13.3. The zero-order chi connectivity index (χ0) is 14.5. The molecule has 1 unspecified atom stereocenters. The zero-order valence-electron chi connectivity index (χ0n) is 11.7. The van der Waals surface area contributed by atoms with Crippen LogP contribution in [-0.2, 0) is 0 Å². The third-order valence-electron chi connectivity index (χ3n) is 3.95. The molecule has 0 aromatic heterocycles. The average molecular weight is 280 g/mol. The monoisotopic (exact) mass is 280 g/mol. The van der Waals surface area contributed by atoms with E-state index in [-0.39, 0.29) is 17.7 Å². The first-order chi connectivity index (χ1) is 9.65. The van der Waals surface area contributed by atoms with Crippen LogP contribution in [0.4, 0.5) is 4.39 Å². The van der Waals surface area contributed by atoms with E-state index in [1.165, 1.54) is 38.2 Å². The molecule has 0 heterocycles. The fourth-order valence-electron chi connectivity index (χ4n) is 2.78. The number of nitrogens with one attached hydrogen (secondary N) is 1. The molecule has 0 saturated heterocycles. The number of halogens is 1. The van der Waals surface area contributed by atoms with Crippen LogP contribution in [0.5, 0.6) is 5.75 Å². The van der Waals surface area contributed by atoms with Gasteiger partial charge in [-0.25, -0.2) is 4.39 Å². The van der Waals surface area contributed by atoms with Crippen LogP contribution in [0.1, 0.15) is 36.0 Å². The largest absolute Gasteiger partial charge is 0.494 e. The molecule has 1 fully saturated rings. The normalized spacial score (nSPS) is 16.9. The van der Waals surface area contributed by atoms with Crippen LogP contribution in [0.3, 0.4) is 0 Å². The lowest BCUT2D eigenvalue weighted by Gasteiger charge is -2.23. The quantitative estimate of drug-likeness (QED) is 0.868. The van der Waals surface area contributed by atoms with E-state index < -0.39 is 5.82 Å². The van der Waals surface area contributed by atoms with Crippen molar-refractivity contribution >= 4 is 5.91 Å². The van der Waals surface area contributed by atoms with Crippen molar-refractivity contribution in [1.29, 1.82) is 0 Å². The maximum absolute atomic E-state index is 13.3. The Morgan fingerprint density at radius 2 is 2.20 bits per heavy atom. The summed E-state index contributed by atoms with van der Waals surface area (Å²) in [5.74, 6) is -0.185. The summed E-state index contributed by atoms with van der Waals surface area (Å²) in [4.78, 5) is 12.2. The molecule has 110 valence electrons. The van der Waals surface area contributed by atoms with Crippen molar-refractivity contribution in [3.05, 3.63) is 29.6 Å². The van der Waals surface area contributed by atoms with Gasteiger partial charge in [-0.05, 0) is 37.0 Å². The molecule has 5 heteroatoms. The van der Waals surface area contributed by atoms with Gasteiger partial charge < -0.3 is 15.8 Å². The Morgan fingerprint density at radius 3 is 2.80 bits per heavy atom. The number of hydrogen-bond acceptors (Lipinski definition) is 3. The van der Waals surface area contributed by atoms with Gasteiger partial charge >= 0.3 is 0 Å². The molecule has 1 aromatic rings. The number of methoxy groups -OCH3 is 1. The van der Waals surface area contributed by atoms with Gasteiger partial charge in [0.25, 0.3) is 5.91 Å². The van der Waals surface area contributed by atoms with Crippen molar-refractivity contribution in [3.63, 3.8) is 0 Å². The summed E-state index contributed by atoms with van der Waals surface area (Å²) in [6.45, 7) is 0.425. The second-order valence-electron chi connectivity index (χ2n) is 5.21. The number of rotatable bonds is 5. The molecule has 20 heavy (non-hydrogen) atoms. The summed E-state index contributed by atoms with van der Waals surface area (Å²) in [7, 11) is 1.38. The van der Waals surface area contributed by atoms with Crippen molar-refractivity contribution in [1.82, 2.24) is 5.32 Å². The first-order valence-corrected chi connectivity index (χ1v) is 7.00. The second kappa shape index (κ2) is 6.70. The molecule has 0 bridgehead atoms. The Balaban J connectivity index is 2.06. The van der Waals surface area contributed by atoms with Crippen LogP contribution < -0.4 is 15.8 Å². The molecule has 0 spiro atoms. The Morgan fingerprint density at radius 1 is 1.50 bits per heavy atom. The molecule has 1 aliphatic rings. The van der Waals surface area contributed by atoms with Crippen molar-refractivity contribution in [3.8, 4) is 5.75 Å². The van der Waals surface area contributed by atoms with E-state index in [1.807, 2.05) is 0 Å². The Bertz CT molecular complexity index is 473. The van der Waals surface area contributed by atoms with Gasteiger partial charge in [-0.1, -0.05) is 12.8 Å². The smallest absolute Gasteiger partial charge is 0.251 e. The number of carbonyl (C=O) groups is 1. The number of hydrogen-bond donors (Lipinski definition) is 2. The maximum Gasteiger partial charge on any atom is 0.251 e. The van der Waals surface area contributed by atoms with E-state index in [9.17, 15) is 9.18 Å². The van der Waals surface area contributed by atoms with E-state index in [1.54, 1.807) is 0 Å². The molecule has 3 N–H and O–H groups in total. The van der Waals surface area contributed by atoms with Gasteiger partial charge in [0, 0.05) is 18.2 Å². The lowest BCUT2D eigenvalue weighted by molar-refractivity contribution is 0.0923. The van der Waals surface area contributed by atoms with Crippen molar-refractivity contribution < 1.29 is 13.9 Å². The number of benzene rings is 1. The highest BCUT2D eigenvalue weighted by atomic mass is 19.1. The lowest BCUT2D eigenvalue weighted by atomic mass is 9.98. The van der Waals surface area contributed by atoms with E-state index in [2.05, 4.69) is 5.32 Å². The predicted molar refractivity (Wildman–Crippen MR) is 75.2 cm³/mol. The number of ether oxygens (including phenoxy) is 1. The Hall–Kier alpha value is -1.62. The molecular formula is C15H21FN2O2. The lowest BCUT2D eigenvalue weighted by Crippen LogP contribution is -2.44. The van der Waals surface area contributed by atoms with Crippen molar-refractivity contribution in [2.75, 3.05) is 13.7 Å². The topological polar surface area (TPSA) is 64.3 Å². The summed E-state index contributed by atoms with van der Waals surface area (Å²) in [6.07, 6.45) is 4.60. The first-order valence-electron chi connectivity index (χ1n) is 7.00. The van der Waals surface area contributed by atoms with Crippen LogP contribution >= 0.6 is 0 Å². The number of nitrogens with two attached hydrogens (primary N) is 1. The van der Waals surface area contributed by atoms with Gasteiger partial charge in [0.2, 0.25) is 0 Å². The molecule has 0 aliphatic heterocycles. The van der Waals surface area contributed by atoms with Gasteiger partial charge in [-0.15, -0.1) is 0 Å². The van der Waals surface area contributed by atoms with Crippen LogP contribution in [0.2, 0.25) is 0 Å². The van der Waals surface area contributed by atoms with Crippen LogP contribution in [0.15, 0.2) is 18.2 Å². The average Bonchev–Trinajstić information content (AvgIpc) is 2.99. The zero-order valence-corrected chi connectivity index (χ0v) is 11.7. The molecule has 1 aromatic carbocycles. The van der Waals surface area contributed by atoms with Gasteiger partial charge in [-0.2, -0.15) is 0 Å². The van der Waals surface area contributed by atoms with E-state index >= 15 is 0 Å². The Labute approximate surface area is 118 Å². The standard InChI is InChI=1S/C15H21FN2O2/c1-20-14-8-11(6-7-12(14)16)15(19)18-13(9-17)10-4-2-3-5-10/h6-8,10,13H,2-5,9,17H2,1H3,(H,18,19). The summed E-state index contributed by atoms with van der Waals surface area (Å²) in [6, 6.07) is 4.09. The minimum Gasteiger partial charge on any atom is -0.494 e. The highest BCUT2D eigenvalue weighted by molar-refractivity contribution is 5.94. The number of carbonyl (C=O) groups excluding carboxylic acids is 1. The second-order valence-corrected chi connectivity index (χ2v) is 5.21. The SMILES string of the molecule is COc1cc(C(=O)NC(CN)C2CCCC2)ccc1F. The van der Waals surface area contributed by atoms with Crippen LogP contribution in [0, 0.1) is 11.7 Å². The number of amides is 1. The van der Waals surface area contributed by atoms with E-state index in [0.717, 1.165) is 12.8 Å². The molecule has 2 rings (SSSR count). The first kappa shape index (κ1) is 14.8. The molecule has 1 amide bonds. The molecule has 4 nitrogen and oxygen atoms in total. The van der Waals surface area contributed by atoms with E-state index in [4.69, 9.17) is 10.5 Å². The third kappa shape index (κ3) is 3.28. The predicted octanol–water partition coefficient (Wildman–Crippen LogP) is 2.08. The van der Waals surface area contributed by atoms with Crippen molar-refractivity contribution in [2.45, 2.75) is 31.7 Å². The molecule has 0 radical (unpaired) electrons. The molecule has 1 atom stereocenters. The fourth-order valence-corrected chi connectivity index (χ4v) is 2.78. The molecular weight excluding hydrogens is 259 g/mol. The molecule has 1 aliphatic carbocycles. The highest BCUT2D eigenvalue weighted by Gasteiger charge is 2.25. The Kier molecular flexibility index (Phi) is 4.95. The summed E-state index contributed by atoms with van der Waals surface area (Å²) < 4.78 is 18.2. The van der Waals surface area contributed by atoms with Gasteiger partial charge in [0.05, 0.1) is 7.11 Å².